The zero-order chi connectivity index (χ0) is 16.9. The molecule has 1 N–H and O–H groups in total. The van der Waals surface area contributed by atoms with E-state index in [4.69, 9.17) is 0 Å². The number of nitriles is 1. The van der Waals surface area contributed by atoms with Crippen LogP contribution in [0.3, 0.4) is 0 Å². The standard InChI is InChI=1S/C18H18N6/c1-13-14(2)22-23-18(17(13)9-19)21-10-15-4-3-5-16(8-15)11-24-7-6-20-12-24/h3-8,12H,10-11H2,1-2H3,(H,21,23). The highest BCUT2D eigenvalue weighted by Gasteiger charge is 2.10. The summed E-state index contributed by atoms with van der Waals surface area (Å²) >= 11 is 0. The number of nitrogens with one attached hydrogen (secondary N) is 1. The number of anilines is 1. The van der Waals surface area contributed by atoms with Crippen LogP contribution in [-0.4, -0.2) is 19.7 Å². The molecule has 6 heteroatoms. The van der Waals surface area contributed by atoms with Gasteiger partial charge in [-0.05, 0) is 30.5 Å². The number of imidazole rings is 1. The Labute approximate surface area is 140 Å². The van der Waals surface area contributed by atoms with Crippen LogP contribution in [0.5, 0.6) is 0 Å². The molecule has 0 aliphatic heterocycles. The minimum Gasteiger partial charge on any atom is -0.363 e. The molecule has 0 radical (unpaired) electrons. The first-order valence-corrected chi connectivity index (χ1v) is 7.69. The van der Waals surface area contributed by atoms with Crippen LogP contribution >= 0.6 is 0 Å². The molecule has 0 amide bonds. The molecule has 0 spiro atoms. The van der Waals surface area contributed by atoms with E-state index in [1.54, 1.807) is 12.5 Å². The van der Waals surface area contributed by atoms with Crippen molar-refractivity contribution in [2.75, 3.05) is 5.32 Å². The van der Waals surface area contributed by atoms with Crippen LogP contribution in [0, 0.1) is 25.2 Å². The van der Waals surface area contributed by atoms with Crippen molar-refractivity contribution in [1.29, 1.82) is 5.26 Å². The average Bonchev–Trinajstić information content (AvgIpc) is 3.09. The second-order valence-electron chi connectivity index (χ2n) is 5.65. The van der Waals surface area contributed by atoms with Crippen molar-refractivity contribution in [1.82, 2.24) is 19.7 Å². The molecule has 0 bridgehead atoms. The molecule has 2 aromatic heterocycles. The maximum atomic E-state index is 9.34. The van der Waals surface area contributed by atoms with Crippen molar-refractivity contribution in [3.63, 3.8) is 0 Å². The normalized spacial score (nSPS) is 10.4. The number of aromatic nitrogens is 4. The fraction of sp³-hybridized carbons (Fsp3) is 0.222. The third kappa shape index (κ3) is 3.41. The molecule has 0 saturated heterocycles. The van der Waals surface area contributed by atoms with Gasteiger partial charge < -0.3 is 9.88 Å². The molecule has 0 aliphatic carbocycles. The van der Waals surface area contributed by atoms with Crippen LogP contribution in [0.25, 0.3) is 0 Å². The summed E-state index contributed by atoms with van der Waals surface area (Å²) in [5, 5.41) is 20.8. The fourth-order valence-corrected chi connectivity index (χ4v) is 2.48. The van der Waals surface area contributed by atoms with Crippen molar-refractivity contribution in [3.05, 3.63) is 70.9 Å². The van der Waals surface area contributed by atoms with Crippen molar-refractivity contribution in [3.8, 4) is 6.07 Å². The van der Waals surface area contributed by atoms with Gasteiger partial charge in [0, 0.05) is 25.5 Å². The van der Waals surface area contributed by atoms with Gasteiger partial charge in [-0.1, -0.05) is 24.3 Å². The Kier molecular flexibility index (Phi) is 4.52. The lowest BCUT2D eigenvalue weighted by atomic mass is 10.1. The van der Waals surface area contributed by atoms with Gasteiger partial charge >= 0.3 is 0 Å². The Balaban J connectivity index is 1.74. The van der Waals surface area contributed by atoms with E-state index in [1.165, 1.54) is 5.56 Å². The number of hydrogen-bond donors (Lipinski definition) is 1. The molecule has 2 heterocycles. The SMILES string of the molecule is Cc1nnc(NCc2cccc(Cn3ccnc3)c2)c(C#N)c1C. The summed E-state index contributed by atoms with van der Waals surface area (Å²) in [4.78, 5) is 4.06. The Hall–Kier alpha value is -3.20. The summed E-state index contributed by atoms with van der Waals surface area (Å²) in [7, 11) is 0. The van der Waals surface area contributed by atoms with Crippen LogP contribution in [0.1, 0.15) is 27.9 Å². The lowest BCUT2D eigenvalue weighted by Crippen LogP contribution is -2.08. The van der Waals surface area contributed by atoms with Gasteiger partial charge in [0.05, 0.1) is 12.0 Å². The molecule has 6 nitrogen and oxygen atoms in total. The van der Waals surface area contributed by atoms with E-state index in [1.807, 2.05) is 36.7 Å². The van der Waals surface area contributed by atoms with Gasteiger partial charge in [0.1, 0.15) is 11.6 Å². The monoisotopic (exact) mass is 318 g/mol. The van der Waals surface area contributed by atoms with Gasteiger partial charge in [-0.3, -0.25) is 0 Å². The summed E-state index contributed by atoms with van der Waals surface area (Å²) in [5.74, 6) is 0.528. The van der Waals surface area contributed by atoms with Gasteiger partial charge in [-0.2, -0.15) is 10.4 Å². The Morgan fingerprint density at radius 2 is 2.04 bits per heavy atom. The Morgan fingerprint density at radius 3 is 2.79 bits per heavy atom. The van der Waals surface area contributed by atoms with Crippen LogP contribution in [0.4, 0.5) is 5.82 Å². The highest BCUT2D eigenvalue weighted by molar-refractivity contribution is 5.55. The van der Waals surface area contributed by atoms with E-state index in [9.17, 15) is 5.26 Å². The molecule has 120 valence electrons. The molecule has 1 aromatic carbocycles. The second kappa shape index (κ2) is 6.92. The Morgan fingerprint density at radius 1 is 1.21 bits per heavy atom. The third-order valence-electron chi connectivity index (χ3n) is 3.94. The highest BCUT2D eigenvalue weighted by Crippen LogP contribution is 2.18. The van der Waals surface area contributed by atoms with E-state index < -0.39 is 0 Å². The summed E-state index contributed by atoms with van der Waals surface area (Å²) in [6, 6.07) is 10.5. The van der Waals surface area contributed by atoms with Gasteiger partial charge in [0.25, 0.3) is 0 Å². The third-order valence-corrected chi connectivity index (χ3v) is 3.94. The summed E-state index contributed by atoms with van der Waals surface area (Å²) < 4.78 is 2.02. The number of nitrogens with zero attached hydrogens (tertiary/aromatic N) is 5. The predicted molar refractivity (Wildman–Crippen MR) is 91.3 cm³/mol. The van der Waals surface area contributed by atoms with Gasteiger partial charge in [-0.15, -0.1) is 5.10 Å². The molecule has 0 saturated carbocycles. The molecule has 0 atom stereocenters. The number of benzene rings is 1. The lowest BCUT2D eigenvalue weighted by Gasteiger charge is -2.10. The van der Waals surface area contributed by atoms with E-state index in [0.717, 1.165) is 23.4 Å². The van der Waals surface area contributed by atoms with Crippen LogP contribution in [0.15, 0.2) is 43.0 Å². The minimum atomic E-state index is 0.528. The van der Waals surface area contributed by atoms with Gasteiger partial charge in [0.15, 0.2) is 5.82 Å². The van der Waals surface area contributed by atoms with E-state index >= 15 is 0 Å². The number of aryl methyl sites for hydroxylation is 1. The number of hydrogen-bond acceptors (Lipinski definition) is 5. The summed E-state index contributed by atoms with van der Waals surface area (Å²) in [5.41, 5.74) is 4.51. The zero-order valence-electron chi connectivity index (χ0n) is 13.7. The molecule has 0 aliphatic rings. The lowest BCUT2D eigenvalue weighted by molar-refractivity contribution is 0.795. The van der Waals surface area contributed by atoms with Crippen molar-refractivity contribution < 1.29 is 0 Å². The van der Waals surface area contributed by atoms with E-state index in [0.29, 0.717) is 17.9 Å². The van der Waals surface area contributed by atoms with E-state index in [-0.39, 0.29) is 0 Å². The predicted octanol–water partition coefficient (Wildman–Crippen LogP) is 2.82. The summed E-state index contributed by atoms with van der Waals surface area (Å²) in [6.45, 7) is 5.11. The van der Waals surface area contributed by atoms with Crippen LogP contribution in [0.2, 0.25) is 0 Å². The molecular formula is C18H18N6. The quantitative estimate of drug-likeness (QED) is 0.782. The first-order chi connectivity index (χ1) is 11.7. The van der Waals surface area contributed by atoms with Crippen molar-refractivity contribution in [2.45, 2.75) is 26.9 Å². The van der Waals surface area contributed by atoms with Crippen LogP contribution < -0.4 is 5.32 Å². The maximum Gasteiger partial charge on any atom is 0.167 e. The van der Waals surface area contributed by atoms with Gasteiger partial charge in [-0.25, -0.2) is 4.98 Å². The molecule has 24 heavy (non-hydrogen) atoms. The highest BCUT2D eigenvalue weighted by atomic mass is 15.2. The molecule has 0 fully saturated rings. The second-order valence-corrected chi connectivity index (χ2v) is 5.65. The maximum absolute atomic E-state index is 9.34. The molecule has 3 rings (SSSR count). The minimum absolute atomic E-state index is 0.528. The fourth-order valence-electron chi connectivity index (χ4n) is 2.48. The van der Waals surface area contributed by atoms with E-state index in [2.05, 4.69) is 38.7 Å². The molecular weight excluding hydrogens is 300 g/mol. The van der Waals surface area contributed by atoms with Crippen molar-refractivity contribution >= 4 is 5.82 Å². The Bertz CT molecular complexity index is 877. The zero-order valence-corrected chi connectivity index (χ0v) is 13.7. The van der Waals surface area contributed by atoms with Crippen LogP contribution in [-0.2, 0) is 13.1 Å². The topological polar surface area (TPSA) is 79.4 Å². The number of rotatable bonds is 5. The summed E-state index contributed by atoms with van der Waals surface area (Å²) in [6.07, 6.45) is 5.51. The molecule has 0 unspecified atom stereocenters. The molecule has 3 aromatic rings. The van der Waals surface area contributed by atoms with Gasteiger partial charge in [0.2, 0.25) is 0 Å². The smallest absolute Gasteiger partial charge is 0.167 e. The largest absolute Gasteiger partial charge is 0.363 e. The van der Waals surface area contributed by atoms with Crippen molar-refractivity contribution in [2.24, 2.45) is 0 Å². The average molecular weight is 318 g/mol. The first-order valence-electron chi connectivity index (χ1n) is 7.69. The first kappa shape index (κ1) is 15.7.